The fraction of sp³-hybridized carbons (Fsp3) is 0.318. The van der Waals surface area contributed by atoms with Crippen LogP contribution in [0.15, 0.2) is 59.8 Å². The first kappa shape index (κ1) is 20.9. The number of carbonyl (C=O) groups is 1. The number of para-hydroxylation sites is 2. The summed E-state index contributed by atoms with van der Waals surface area (Å²) in [5.41, 5.74) is 1.56. The van der Waals surface area contributed by atoms with E-state index >= 15 is 0 Å². The van der Waals surface area contributed by atoms with E-state index in [9.17, 15) is 4.79 Å². The van der Waals surface area contributed by atoms with E-state index in [1.807, 2.05) is 73.1 Å². The van der Waals surface area contributed by atoms with Crippen LogP contribution in [0.4, 0.5) is 5.69 Å². The van der Waals surface area contributed by atoms with Crippen molar-refractivity contribution in [2.24, 2.45) is 7.05 Å². The minimum Gasteiger partial charge on any atom is -0.492 e. The Morgan fingerprint density at radius 3 is 2.45 bits per heavy atom. The molecule has 0 aliphatic rings. The van der Waals surface area contributed by atoms with Gasteiger partial charge in [-0.3, -0.25) is 4.79 Å². The molecule has 0 bridgehead atoms. The number of ether oxygens (including phenoxy) is 1. The maximum absolute atomic E-state index is 13.3. The van der Waals surface area contributed by atoms with Crippen LogP contribution in [-0.4, -0.2) is 27.3 Å². The van der Waals surface area contributed by atoms with E-state index in [1.165, 1.54) is 11.8 Å². The van der Waals surface area contributed by atoms with Crippen LogP contribution in [0.1, 0.15) is 43.3 Å². The second-order valence-corrected chi connectivity index (χ2v) is 7.95. The summed E-state index contributed by atoms with van der Waals surface area (Å²) in [5, 5.41) is 11.8. The van der Waals surface area contributed by atoms with Crippen LogP contribution in [-0.2, 0) is 11.8 Å². The zero-order valence-electron chi connectivity index (χ0n) is 17.1. The maximum atomic E-state index is 13.3. The molecule has 0 radical (unpaired) electrons. The van der Waals surface area contributed by atoms with Crippen LogP contribution >= 0.6 is 11.8 Å². The SMILES string of the molecule is CCOc1ccccc1NC(=O)C(Sc1nnc(C(C)C)n1C)c1ccccc1. The molecule has 0 spiro atoms. The van der Waals surface area contributed by atoms with Gasteiger partial charge in [0.15, 0.2) is 5.16 Å². The summed E-state index contributed by atoms with van der Waals surface area (Å²) < 4.78 is 7.59. The van der Waals surface area contributed by atoms with Gasteiger partial charge in [0.2, 0.25) is 5.91 Å². The number of nitrogens with one attached hydrogen (secondary N) is 1. The van der Waals surface area contributed by atoms with Crippen LogP contribution in [0.5, 0.6) is 5.75 Å². The normalized spacial score (nSPS) is 12.0. The zero-order valence-corrected chi connectivity index (χ0v) is 17.9. The summed E-state index contributed by atoms with van der Waals surface area (Å²) in [6.07, 6.45) is 0. The van der Waals surface area contributed by atoms with Gasteiger partial charge in [0.05, 0.1) is 12.3 Å². The van der Waals surface area contributed by atoms with Crippen LogP contribution in [0.2, 0.25) is 0 Å². The number of carbonyl (C=O) groups excluding carboxylic acids is 1. The largest absolute Gasteiger partial charge is 0.492 e. The van der Waals surface area contributed by atoms with E-state index in [2.05, 4.69) is 29.4 Å². The molecule has 3 aromatic rings. The number of hydrogen-bond donors (Lipinski definition) is 1. The summed E-state index contributed by atoms with van der Waals surface area (Å²) in [5.74, 6) is 1.66. The van der Waals surface area contributed by atoms with Gasteiger partial charge in [-0.15, -0.1) is 10.2 Å². The molecule has 1 N–H and O–H groups in total. The summed E-state index contributed by atoms with van der Waals surface area (Å²) in [4.78, 5) is 13.3. The molecule has 1 amide bonds. The predicted molar refractivity (Wildman–Crippen MR) is 116 cm³/mol. The lowest BCUT2D eigenvalue weighted by molar-refractivity contribution is -0.115. The van der Waals surface area contributed by atoms with Crippen molar-refractivity contribution in [3.63, 3.8) is 0 Å². The number of aromatic nitrogens is 3. The Hall–Kier alpha value is -2.80. The third-order valence-electron chi connectivity index (χ3n) is 4.39. The number of anilines is 1. The standard InChI is InChI=1S/C22H26N4O2S/c1-5-28-18-14-10-9-13-17(18)23-21(27)19(16-11-7-6-8-12-16)29-22-25-24-20(15(2)3)26(22)4/h6-15,19H,5H2,1-4H3,(H,23,27). The second kappa shape index (κ2) is 9.60. The molecule has 6 nitrogen and oxygen atoms in total. The van der Waals surface area contributed by atoms with Crippen molar-refractivity contribution in [2.45, 2.75) is 37.1 Å². The Morgan fingerprint density at radius 1 is 1.10 bits per heavy atom. The second-order valence-electron chi connectivity index (χ2n) is 6.88. The Bertz CT molecular complexity index is 956. The minimum absolute atomic E-state index is 0.137. The highest BCUT2D eigenvalue weighted by molar-refractivity contribution is 8.00. The van der Waals surface area contributed by atoms with E-state index in [0.717, 1.165) is 11.4 Å². The summed E-state index contributed by atoms with van der Waals surface area (Å²) in [6, 6.07) is 17.2. The van der Waals surface area contributed by atoms with Gasteiger partial charge in [0.25, 0.3) is 0 Å². The molecule has 2 aromatic carbocycles. The van der Waals surface area contributed by atoms with Crippen LogP contribution in [0.3, 0.4) is 0 Å². The third-order valence-corrected chi connectivity index (χ3v) is 5.68. The summed E-state index contributed by atoms with van der Waals surface area (Å²) >= 11 is 1.39. The number of rotatable bonds is 8. The van der Waals surface area contributed by atoms with Crippen molar-refractivity contribution in [3.8, 4) is 5.75 Å². The highest BCUT2D eigenvalue weighted by atomic mass is 32.2. The van der Waals surface area contributed by atoms with E-state index in [4.69, 9.17) is 4.74 Å². The Kier molecular flexibility index (Phi) is 6.93. The molecule has 3 rings (SSSR count). The van der Waals surface area contributed by atoms with Crippen LogP contribution in [0, 0.1) is 0 Å². The van der Waals surface area contributed by atoms with E-state index in [1.54, 1.807) is 0 Å². The molecule has 0 aliphatic carbocycles. The summed E-state index contributed by atoms with van der Waals surface area (Å²) in [6.45, 7) is 6.59. The average Bonchev–Trinajstić information content (AvgIpc) is 3.09. The van der Waals surface area contributed by atoms with Gasteiger partial charge in [0.1, 0.15) is 16.8 Å². The predicted octanol–water partition coefficient (Wildman–Crippen LogP) is 4.81. The summed E-state index contributed by atoms with van der Waals surface area (Å²) in [7, 11) is 1.93. The van der Waals surface area contributed by atoms with Gasteiger partial charge in [0, 0.05) is 13.0 Å². The lowest BCUT2D eigenvalue weighted by Crippen LogP contribution is -2.20. The first-order valence-corrected chi connectivity index (χ1v) is 10.5. The van der Waals surface area contributed by atoms with E-state index < -0.39 is 5.25 Å². The van der Waals surface area contributed by atoms with Gasteiger partial charge in [-0.2, -0.15) is 0 Å². The molecule has 0 fully saturated rings. The first-order valence-electron chi connectivity index (χ1n) is 9.64. The number of hydrogen-bond acceptors (Lipinski definition) is 5. The van der Waals surface area contributed by atoms with Crippen LogP contribution < -0.4 is 10.1 Å². The van der Waals surface area contributed by atoms with Gasteiger partial charge >= 0.3 is 0 Å². The maximum Gasteiger partial charge on any atom is 0.242 e. The molecule has 1 aromatic heterocycles. The van der Waals surface area contributed by atoms with Crippen molar-refractivity contribution in [1.29, 1.82) is 0 Å². The fourth-order valence-electron chi connectivity index (χ4n) is 2.99. The Morgan fingerprint density at radius 2 is 1.79 bits per heavy atom. The highest BCUT2D eigenvalue weighted by Gasteiger charge is 2.26. The molecule has 1 atom stereocenters. The van der Waals surface area contributed by atoms with Gasteiger partial charge in [-0.05, 0) is 24.6 Å². The van der Waals surface area contributed by atoms with Gasteiger partial charge in [-0.1, -0.05) is 68.1 Å². The van der Waals surface area contributed by atoms with E-state index in [-0.39, 0.29) is 11.8 Å². The highest BCUT2D eigenvalue weighted by Crippen LogP contribution is 2.36. The molecular weight excluding hydrogens is 384 g/mol. The molecule has 1 heterocycles. The van der Waals surface area contributed by atoms with Gasteiger partial charge < -0.3 is 14.6 Å². The Labute approximate surface area is 175 Å². The third kappa shape index (κ3) is 4.98. The molecule has 29 heavy (non-hydrogen) atoms. The number of nitrogens with zero attached hydrogens (tertiary/aromatic N) is 3. The molecule has 1 unspecified atom stereocenters. The van der Waals surface area contributed by atoms with Crippen LogP contribution in [0.25, 0.3) is 0 Å². The Balaban J connectivity index is 1.90. The van der Waals surface area contributed by atoms with Crippen molar-refractivity contribution in [3.05, 3.63) is 66.0 Å². The zero-order chi connectivity index (χ0) is 20.8. The molecule has 0 saturated carbocycles. The topological polar surface area (TPSA) is 69.0 Å². The average molecular weight is 411 g/mol. The molecule has 152 valence electrons. The van der Waals surface area contributed by atoms with Crippen molar-refractivity contribution >= 4 is 23.4 Å². The fourth-order valence-corrected chi connectivity index (χ4v) is 4.00. The van der Waals surface area contributed by atoms with Crippen molar-refractivity contribution < 1.29 is 9.53 Å². The lowest BCUT2D eigenvalue weighted by atomic mass is 10.1. The smallest absolute Gasteiger partial charge is 0.242 e. The van der Waals surface area contributed by atoms with Gasteiger partial charge in [-0.25, -0.2) is 0 Å². The van der Waals surface area contributed by atoms with Crippen molar-refractivity contribution in [2.75, 3.05) is 11.9 Å². The quantitative estimate of drug-likeness (QED) is 0.540. The minimum atomic E-state index is -0.478. The number of amides is 1. The monoisotopic (exact) mass is 410 g/mol. The van der Waals surface area contributed by atoms with E-state index in [0.29, 0.717) is 23.2 Å². The number of thioether (sulfide) groups is 1. The first-order chi connectivity index (χ1) is 14.0. The molecule has 0 saturated heterocycles. The van der Waals surface area contributed by atoms with Crippen molar-refractivity contribution in [1.82, 2.24) is 14.8 Å². The number of benzene rings is 2. The lowest BCUT2D eigenvalue weighted by Gasteiger charge is -2.18. The molecular formula is C22H26N4O2S. The molecule has 7 heteroatoms. The molecule has 0 aliphatic heterocycles.